The predicted octanol–water partition coefficient (Wildman–Crippen LogP) is 3.48. The molecule has 4 nitrogen and oxygen atoms in total. The highest BCUT2D eigenvalue weighted by Gasteiger charge is 2.47. The largest absolute Gasteiger partial charge is 0.392 e. The van der Waals surface area contributed by atoms with Gasteiger partial charge in [0.2, 0.25) is 5.28 Å². The third-order valence-corrected chi connectivity index (χ3v) is 5.63. The molecule has 2 aromatic heterocycles. The van der Waals surface area contributed by atoms with Gasteiger partial charge in [0.1, 0.15) is 10.6 Å². The Morgan fingerprint density at radius 1 is 1.50 bits per heavy atom. The Hall–Kier alpha value is -0.910. The summed E-state index contributed by atoms with van der Waals surface area (Å²) in [6, 6.07) is 2.33. The molecule has 108 valence electrons. The van der Waals surface area contributed by atoms with Crippen LogP contribution in [0.1, 0.15) is 32.1 Å². The Morgan fingerprint density at radius 3 is 2.85 bits per heavy atom. The number of fused-ring (bicyclic) bond motifs is 1. The fraction of sp³-hybridized carbons (Fsp3) is 0.571. The van der Waals surface area contributed by atoms with Crippen molar-refractivity contribution in [3.05, 3.63) is 16.2 Å². The van der Waals surface area contributed by atoms with Crippen LogP contribution in [0.3, 0.4) is 0 Å². The zero-order valence-electron chi connectivity index (χ0n) is 11.8. The number of nitrogens with zero attached hydrogens (tertiary/aromatic N) is 2. The average Bonchev–Trinajstić information content (AvgIpc) is 2.81. The number of rotatable bonds is 3. The minimum Gasteiger partial charge on any atom is -0.392 e. The van der Waals surface area contributed by atoms with Crippen molar-refractivity contribution in [3.8, 4) is 0 Å². The standard InChI is InChI=1S/C14H18ClN3OS/c1-4-7-5-8-11(17-13(15)18-12(8)20-7)16-9-6-10(19)14(9,2)3/h5,9-10,19H,4,6H2,1-3H3,(H,16,17,18). The fourth-order valence-corrected chi connectivity index (χ4v) is 3.73. The Bertz CT molecular complexity index is 655. The van der Waals surface area contributed by atoms with Gasteiger partial charge in [0.05, 0.1) is 11.5 Å². The van der Waals surface area contributed by atoms with E-state index in [1.54, 1.807) is 11.3 Å². The molecule has 2 atom stereocenters. The number of thiophene rings is 1. The third-order valence-electron chi connectivity index (χ3n) is 4.29. The van der Waals surface area contributed by atoms with E-state index in [4.69, 9.17) is 11.6 Å². The Morgan fingerprint density at radius 2 is 2.25 bits per heavy atom. The molecule has 0 aromatic carbocycles. The molecular weight excluding hydrogens is 294 g/mol. The van der Waals surface area contributed by atoms with Gasteiger partial charge < -0.3 is 10.4 Å². The van der Waals surface area contributed by atoms with Gasteiger partial charge in [-0.05, 0) is 30.5 Å². The second kappa shape index (κ2) is 4.83. The molecule has 0 amide bonds. The monoisotopic (exact) mass is 311 g/mol. The predicted molar refractivity (Wildman–Crippen MR) is 83.6 cm³/mol. The number of aromatic nitrogens is 2. The van der Waals surface area contributed by atoms with Gasteiger partial charge in [-0.2, -0.15) is 0 Å². The van der Waals surface area contributed by atoms with Crippen LogP contribution < -0.4 is 5.32 Å². The molecule has 0 aliphatic heterocycles. The first-order valence-electron chi connectivity index (χ1n) is 6.82. The number of halogens is 1. The molecule has 2 heterocycles. The summed E-state index contributed by atoms with van der Waals surface area (Å²) in [4.78, 5) is 10.8. The summed E-state index contributed by atoms with van der Waals surface area (Å²) in [5.74, 6) is 0.779. The van der Waals surface area contributed by atoms with E-state index in [1.807, 2.05) is 0 Å². The molecule has 2 N–H and O–H groups in total. The number of hydrogen-bond donors (Lipinski definition) is 2. The highest BCUT2D eigenvalue weighted by molar-refractivity contribution is 7.18. The van der Waals surface area contributed by atoms with Crippen LogP contribution in [0.15, 0.2) is 6.07 Å². The summed E-state index contributed by atoms with van der Waals surface area (Å²) >= 11 is 7.67. The quantitative estimate of drug-likeness (QED) is 0.852. The molecule has 0 spiro atoms. The van der Waals surface area contributed by atoms with Crippen molar-refractivity contribution in [3.63, 3.8) is 0 Å². The lowest BCUT2D eigenvalue weighted by Gasteiger charge is -2.49. The first-order valence-corrected chi connectivity index (χ1v) is 8.01. The molecule has 1 saturated carbocycles. The highest BCUT2D eigenvalue weighted by atomic mass is 35.5. The van der Waals surface area contributed by atoms with E-state index in [9.17, 15) is 5.11 Å². The molecule has 1 aliphatic carbocycles. The topological polar surface area (TPSA) is 58.0 Å². The molecule has 0 saturated heterocycles. The minimum absolute atomic E-state index is 0.145. The van der Waals surface area contributed by atoms with Gasteiger partial charge in [-0.1, -0.05) is 20.8 Å². The fourth-order valence-electron chi connectivity index (χ4n) is 2.54. The van der Waals surface area contributed by atoms with Crippen molar-refractivity contribution in [1.29, 1.82) is 0 Å². The number of nitrogens with one attached hydrogen (secondary N) is 1. The maximum Gasteiger partial charge on any atom is 0.225 e. The molecule has 2 unspecified atom stereocenters. The van der Waals surface area contributed by atoms with Gasteiger partial charge in [-0.25, -0.2) is 9.97 Å². The van der Waals surface area contributed by atoms with Gasteiger partial charge in [-0.15, -0.1) is 11.3 Å². The lowest BCUT2D eigenvalue weighted by atomic mass is 9.64. The van der Waals surface area contributed by atoms with Crippen LogP contribution in [0.25, 0.3) is 10.2 Å². The van der Waals surface area contributed by atoms with Crippen molar-refractivity contribution in [1.82, 2.24) is 9.97 Å². The zero-order chi connectivity index (χ0) is 14.5. The molecule has 1 aliphatic rings. The normalized spacial score (nSPS) is 24.6. The van der Waals surface area contributed by atoms with Crippen molar-refractivity contribution in [2.75, 3.05) is 5.32 Å². The van der Waals surface area contributed by atoms with E-state index in [0.29, 0.717) is 0 Å². The van der Waals surface area contributed by atoms with E-state index < -0.39 is 0 Å². The van der Waals surface area contributed by atoms with E-state index in [2.05, 4.69) is 42.1 Å². The van der Waals surface area contributed by atoms with Gasteiger partial charge in [0.15, 0.2) is 0 Å². The minimum atomic E-state index is -0.263. The zero-order valence-corrected chi connectivity index (χ0v) is 13.3. The van der Waals surface area contributed by atoms with Gasteiger partial charge in [-0.3, -0.25) is 0 Å². The van der Waals surface area contributed by atoms with E-state index in [1.165, 1.54) is 4.88 Å². The lowest BCUT2D eigenvalue weighted by Crippen LogP contribution is -2.57. The molecular formula is C14H18ClN3OS. The second-order valence-electron chi connectivity index (χ2n) is 5.90. The van der Waals surface area contributed by atoms with Crippen LogP contribution in [0.4, 0.5) is 5.82 Å². The number of aryl methyl sites for hydroxylation is 1. The first-order chi connectivity index (χ1) is 9.41. The van der Waals surface area contributed by atoms with Crippen molar-refractivity contribution in [2.24, 2.45) is 5.41 Å². The third kappa shape index (κ3) is 2.18. The lowest BCUT2D eigenvalue weighted by molar-refractivity contribution is -0.0511. The van der Waals surface area contributed by atoms with Crippen molar-refractivity contribution in [2.45, 2.75) is 45.8 Å². The maximum absolute atomic E-state index is 9.84. The van der Waals surface area contributed by atoms with Crippen LogP contribution in [0, 0.1) is 5.41 Å². The van der Waals surface area contributed by atoms with Crippen molar-refractivity contribution < 1.29 is 5.11 Å². The van der Waals surface area contributed by atoms with Crippen LogP contribution in [-0.4, -0.2) is 27.2 Å². The second-order valence-corrected chi connectivity index (χ2v) is 7.35. The van der Waals surface area contributed by atoms with Gasteiger partial charge >= 0.3 is 0 Å². The van der Waals surface area contributed by atoms with Gasteiger partial charge in [0.25, 0.3) is 0 Å². The number of aliphatic hydroxyl groups excluding tert-OH is 1. The summed E-state index contributed by atoms with van der Waals surface area (Å²) in [5.41, 5.74) is -0.145. The summed E-state index contributed by atoms with van der Waals surface area (Å²) in [6.07, 6.45) is 1.45. The van der Waals surface area contributed by atoms with Crippen LogP contribution in [0.2, 0.25) is 5.28 Å². The molecule has 0 radical (unpaired) electrons. The summed E-state index contributed by atoms with van der Waals surface area (Å²) in [7, 11) is 0. The molecule has 2 aromatic rings. The number of hydrogen-bond acceptors (Lipinski definition) is 5. The molecule has 20 heavy (non-hydrogen) atoms. The number of anilines is 1. The summed E-state index contributed by atoms with van der Waals surface area (Å²) in [5, 5.41) is 14.6. The van der Waals surface area contributed by atoms with Gasteiger partial charge in [0, 0.05) is 16.3 Å². The Balaban J connectivity index is 1.97. The summed E-state index contributed by atoms with van der Waals surface area (Å²) in [6.45, 7) is 6.24. The number of aliphatic hydroxyl groups is 1. The van der Waals surface area contributed by atoms with Crippen LogP contribution in [0.5, 0.6) is 0 Å². The molecule has 1 fully saturated rings. The van der Waals surface area contributed by atoms with Crippen LogP contribution in [-0.2, 0) is 6.42 Å². The SMILES string of the molecule is CCc1cc2c(NC3CC(O)C3(C)C)nc(Cl)nc2s1. The van der Waals surface area contributed by atoms with Crippen LogP contribution >= 0.6 is 22.9 Å². The van der Waals surface area contributed by atoms with E-state index >= 15 is 0 Å². The first kappa shape index (κ1) is 14.0. The van der Waals surface area contributed by atoms with Crippen molar-refractivity contribution >= 4 is 39.0 Å². The van der Waals surface area contributed by atoms with E-state index in [-0.39, 0.29) is 22.8 Å². The molecule has 6 heteroatoms. The maximum atomic E-state index is 9.84. The van der Waals surface area contributed by atoms with E-state index in [0.717, 1.165) is 28.9 Å². The summed E-state index contributed by atoms with van der Waals surface area (Å²) < 4.78 is 0. The Labute approximate surface area is 127 Å². The molecule has 3 rings (SSSR count). The highest BCUT2D eigenvalue weighted by Crippen LogP contribution is 2.43. The average molecular weight is 312 g/mol. The smallest absolute Gasteiger partial charge is 0.225 e. The molecule has 0 bridgehead atoms. The Kier molecular flexibility index (Phi) is 3.39.